The van der Waals surface area contributed by atoms with Crippen LogP contribution in [-0.2, 0) is 0 Å². The smallest absolute Gasteiger partial charge is 0.262 e. The van der Waals surface area contributed by atoms with Crippen LogP contribution in [0.25, 0.3) is 129 Å². The van der Waals surface area contributed by atoms with E-state index in [-0.39, 0.29) is 44.5 Å². The van der Waals surface area contributed by atoms with E-state index in [2.05, 4.69) is 10.6 Å². The predicted octanol–water partition coefficient (Wildman–Crippen LogP) is 11.3. The quantitative estimate of drug-likeness (QED) is 0.0950. The van der Waals surface area contributed by atoms with E-state index in [1.54, 1.807) is 146 Å². The molecule has 0 unspecified atom stereocenters. The summed E-state index contributed by atoms with van der Waals surface area (Å²) < 4.78 is 0. The van der Waals surface area contributed by atoms with Gasteiger partial charge in [-0.2, -0.15) is 0 Å². The highest BCUT2D eigenvalue weighted by Gasteiger charge is 2.44. The van der Waals surface area contributed by atoms with Gasteiger partial charge in [-0.1, -0.05) is 72.8 Å². The Morgan fingerprint density at radius 2 is 0.304 bits per heavy atom. The van der Waals surface area contributed by atoms with Gasteiger partial charge in [0.05, 0.1) is 0 Å². The molecule has 0 aliphatic carbocycles. The summed E-state index contributed by atoms with van der Waals surface area (Å²) in [5.41, 5.74) is 2.77. The maximum absolute atomic E-state index is 14.9. The number of carbonyl (C=O) groups is 12. The first kappa shape index (κ1) is 49.1. The highest BCUT2D eigenvalue weighted by Crippen LogP contribution is 2.51. The van der Waals surface area contributed by atoms with Crippen LogP contribution in [0.1, 0.15) is 124 Å². The number of rotatable bonds is 4. The van der Waals surface area contributed by atoms with Crippen LogP contribution in [0.4, 0.5) is 0 Å². The lowest BCUT2D eigenvalue weighted by molar-refractivity contribution is 0.0391. The Labute approximate surface area is 511 Å². The zero-order valence-corrected chi connectivity index (χ0v) is 47.0. The minimum absolute atomic E-state index is 0.148. The van der Waals surface area contributed by atoms with Gasteiger partial charge >= 0.3 is 0 Å². The molecule has 0 aromatic heterocycles. The van der Waals surface area contributed by atoms with Crippen LogP contribution in [0.2, 0.25) is 0 Å². The number of imide groups is 6. The van der Waals surface area contributed by atoms with E-state index in [4.69, 9.17) is 0 Å². The molecular formula is C74H30N6O12. The molecule has 0 atom stereocenters. The SMILES string of the molecule is O=C1NC(=O)c2ccc3c4ccc5c6c(ccc(c7ccc1c2c73)c64)C(=O)N(CN1C(=O)c2ccc3c4ccc6c7c(ccc(c8ccc(c2c38)C1=O)c74)C(=O)N(CN1C(=O)c2ccc3c4ccc7c8c(ccc(c9ccc(c2c39)C1=O)c84)C(=O)NC7=O)C6=O)C5=O. The van der Waals surface area contributed by atoms with Crippen LogP contribution < -0.4 is 10.6 Å². The molecule has 0 radical (unpaired) electrons. The molecule has 0 fully saturated rings. The van der Waals surface area contributed by atoms with Gasteiger partial charge < -0.3 is 0 Å². The Morgan fingerprint density at radius 1 is 0.174 bits per heavy atom. The van der Waals surface area contributed by atoms with Crippen molar-refractivity contribution >= 4 is 200 Å². The van der Waals surface area contributed by atoms with Crippen molar-refractivity contribution in [2.24, 2.45) is 0 Å². The average Bonchev–Trinajstić information content (AvgIpc) is 0.702. The molecule has 18 nitrogen and oxygen atoms in total. The molecule has 6 aliphatic rings. The van der Waals surface area contributed by atoms with Gasteiger partial charge in [-0.05, 0) is 170 Å². The highest BCUT2D eigenvalue weighted by atomic mass is 16.2. The third-order valence-electron chi connectivity index (χ3n) is 20.5. The minimum atomic E-state index is -0.739. The molecule has 0 saturated carbocycles. The van der Waals surface area contributed by atoms with E-state index in [0.29, 0.717) is 130 Å². The number of hydrogen-bond donors (Lipinski definition) is 2. The summed E-state index contributed by atoms with van der Waals surface area (Å²) in [5.74, 6) is -7.83. The van der Waals surface area contributed by atoms with Crippen LogP contribution in [-0.4, -0.2) is 104 Å². The highest BCUT2D eigenvalue weighted by molar-refractivity contribution is 6.46. The number of benzene rings is 15. The molecule has 0 spiro atoms. The summed E-state index contributed by atoms with van der Waals surface area (Å²) in [6.07, 6.45) is 0. The standard InChI is InChI=1S/C74H30N6O12/c81-63-39-13-1-27-31-5-17-43-59-44(18-6-32(53(31)59)28-2-14-40(64(82)75-63)57(39)51(27)28)68(86)77(67(43)85)25-79-71(89)47-21-9-35-37-11-23-49-62-50(24-12-38(56(37)62)36-10-22-48(72(79)90)61(47)55(35)36)74(92)80(73(49)91)26-78-69(87)45-19-7-33-29-3-15-41-58-42(66(84)76-65(41)83)16-4-30(52(29)58)34-8-20-46(70(78)88)60(45)54(33)34/h1-24H,25-26H2,(H,75,81,82)(H,76,83,84). The number of nitrogens with zero attached hydrogens (tertiary/aromatic N) is 4. The summed E-state index contributed by atoms with van der Waals surface area (Å²) in [6, 6.07) is 40.7. The molecule has 2 N–H and O–H groups in total. The molecule has 92 heavy (non-hydrogen) atoms. The Balaban J connectivity index is 0.615. The maximum Gasteiger partial charge on any atom is 0.262 e. The monoisotopic (exact) mass is 1190 g/mol. The van der Waals surface area contributed by atoms with Crippen LogP contribution in [0.3, 0.4) is 0 Å². The fourth-order valence-corrected chi connectivity index (χ4v) is 16.7. The van der Waals surface area contributed by atoms with Crippen molar-refractivity contribution in [3.05, 3.63) is 212 Å². The number of amides is 12. The molecule has 12 amide bonds. The fourth-order valence-electron chi connectivity index (χ4n) is 16.7. The lowest BCUT2D eigenvalue weighted by Crippen LogP contribution is -2.52. The maximum atomic E-state index is 14.9. The van der Waals surface area contributed by atoms with Crippen molar-refractivity contribution in [1.29, 1.82) is 0 Å². The summed E-state index contributed by atoms with van der Waals surface area (Å²) in [4.78, 5) is 174. The number of nitrogens with one attached hydrogen (secondary N) is 2. The van der Waals surface area contributed by atoms with E-state index < -0.39 is 84.2 Å². The van der Waals surface area contributed by atoms with Crippen LogP contribution in [0.5, 0.6) is 0 Å². The number of hydrogen-bond acceptors (Lipinski definition) is 12. The first-order valence-corrected chi connectivity index (χ1v) is 29.4. The van der Waals surface area contributed by atoms with Crippen molar-refractivity contribution in [3.63, 3.8) is 0 Å². The van der Waals surface area contributed by atoms with E-state index in [1.807, 2.05) is 0 Å². The fraction of sp³-hybridized carbons (Fsp3) is 0.0270. The van der Waals surface area contributed by atoms with Crippen molar-refractivity contribution in [2.75, 3.05) is 13.3 Å². The van der Waals surface area contributed by atoms with Gasteiger partial charge in [-0.15, -0.1) is 0 Å². The Hall–Kier alpha value is -13.0. The third-order valence-corrected chi connectivity index (χ3v) is 20.5. The van der Waals surface area contributed by atoms with Gasteiger partial charge in [0.15, 0.2) is 0 Å². The third kappa shape index (κ3) is 5.41. The summed E-state index contributed by atoms with van der Waals surface area (Å²) >= 11 is 0. The number of fused-ring (bicyclic) bond motifs is 6. The zero-order valence-electron chi connectivity index (χ0n) is 47.0. The molecule has 15 aromatic carbocycles. The number of carbonyl (C=O) groups excluding carboxylic acids is 12. The first-order valence-electron chi connectivity index (χ1n) is 29.4. The second-order valence-corrected chi connectivity index (χ2v) is 24.4. The van der Waals surface area contributed by atoms with Gasteiger partial charge in [0.2, 0.25) is 0 Å². The Morgan fingerprint density at radius 3 is 0.457 bits per heavy atom. The van der Waals surface area contributed by atoms with Crippen LogP contribution in [0, 0.1) is 0 Å². The Kier molecular flexibility index (Phi) is 8.45. The molecule has 21 rings (SSSR count). The largest absolute Gasteiger partial charge is 0.288 e. The molecule has 0 bridgehead atoms. The first-order chi connectivity index (χ1) is 44.7. The second-order valence-electron chi connectivity index (χ2n) is 24.4. The molecule has 428 valence electrons. The molecule has 6 heterocycles. The predicted molar refractivity (Wildman–Crippen MR) is 338 cm³/mol. The molecule has 6 aliphatic heterocycles. The van der Waals surface area contributed by atoms with Gasteiger partial charge in [-0.3, -0.25) is 87.8 Å². The van der Waals surface area contributed by atoms with Crippen molar-refractivity contribution in [1.82, 2.24) is 30.2 Å². The van der Waals surface area contributed by atoms with Crippen LogP contribution in [0.15, 0.2) is 146 Å². The van der Waals surface area contributed by atoms with Gasteiger partial charge in [0, 0.05) is 99.1 Å². The van der Waals surface area contributed by atoms with Gasteiger partial charge in [0.1, 0.15) is 13.3 Å². The van der Waals surface area contributed by atoms with Crippen molar-refractivity contribution in [2.45, 2.75) is 0 Å². The lowest BCUT2D eigenvalue weighted by atomic mass is 9.82. The zero-order chi connectivity index (χ0) is 61.8. The van der Waals surface area contributed by atoms with E-state index in [1.165, 1.54) is 0 Å². The second kappa shape index (κ2) is 15.8. The molecular weight excluding hydrogens is 1160 g/mol. The topological polar surface area (TPSA) is 242 Å². The van der Waals surface area contributed by atoms with Crippen LogP contribution >= 0.6 is 0 Å². The minimum Gasteiger partial charge on any atom is -0.288 e. The van der Waals surface area contributed by atoms with Crippen molar-refractivity contribution < 1.29 is 57.5 Å². The normalized spacial score (nSPS) is 16.3. The summed E-state index contributed by atoms with van der Waals surface area (Å²) in [7, 11) is 0. The van der Waals surface area contributed by atoms with E-state index in [0.717, 1.165) is 41.1 Å². The summed E-state index contributed by atoms with van der Waals surface area (Å²) in [5, 5.41) is 19.4. The molecule has 0 saturated heterocycles. The summed E-state index contributed by atoms with van der Waals surface area (Å²) in [6.45, 7) is -1.40. The Bertz CT molecular complexity index is 5810. The average molecular weight is 1200 g/mol. The molecule has 15 aromatic rings. The van der Waals surface area contributed by atoms with Gasteiger partial charge in [-0.25, -0.2) is 0 Å². The van der Waals surface area contributed by atoms with E-state index in [9.17, 15) is 57.5 Å². The van der Waals surface area contributed by atoms with Crippen molar-refractivity contribution in [3.8, 4) is 0 Å². The van der Waals surface area contributed by atoms with Gasteiger partial charge in [0.25, 0.3) is 70.9 Å². The van der Waals surface area contributed by atoms with E-state index >= 15 is 0 Å². The lowest BCUT2D eigenvalue weighted by Gasteiger charge is -2.35. The molecule has 18 heteroatoms.